The van der Waals surface area contributed by atoms with Crippen molar-refractivity contribution in [3.05, 3.63) is 35.3 Å². The molecule has 130 valence electrons. The topological polar surface area (TPSA) is 51.5 Å². The van der Waals surface area contributed by atoms with Gasteiger partial charge in [0.05, 0.1) is 18.7 Å². The number of hydrogen-bond donors (Lipinski definition) is 1. The molecule has 0 amide bonds. The number of hydrogen-bond acceptors (Lipinski definition) is 4. The van der Waals surface area contributed by atoms with E-state index >= 15 is 0 Å². The van der Waals surface area contributed by atoms with Crippen molar-refractivity contribution < 1.29 is 13.9 Å². The standard InChI is InChI=1S/C20H27NO3/c1-13-5-3-7-20(2)10-18-15(9-17(13)20)16(19(22)24-18)12-21-11-14-6-4-8-23-14/h4,6,8,15-16,18,21H,3,5,7,9-12H2,1-2H3. The highest BCUT2D eigenvalue weighted by Crippen LogP contribution is 2.54. The first-order chi connectivity index (χ1) is 11.6. The van der Waals surface area contributed by atoms with Crippen molar-refractivity contribution in [3.8, 4) is 0 Å². The van der Waals surface area contributed by atoms with Crippen molar-refractivity contribution in [2.24, 2.45) is 17.3 Å². The maximum absolute atomic E-state index is 12.4. The van der Waals surface area contributed by atoms with Gasteiger partial charge >= 0.3 is 5.97 Å². The van der Waals surface area contributed by atoms with E-state index in [2.05, 4.69) is 19.2 Å². The number of fused-ring (bicyclic) bond motifs is 2. The fourth-order valence-electron chi connectivity index (χ4n) is 5.11. The van der Waals surface area contributed by atoms with Crippen LogP contribution in [0.3, 0.4) is 0 Å². The Balaban J connectivity index is 1.46. The molecule has 1 aliphatic heterocycles. The molecule has 1 aromatic rings. The lowest BCUT2D eigenvalue weighted by Gasteiger charge is -2.45. The predicted octanol–water partition coefficient (Wildman–Crippen LogP) is 3.83. The van der Waals surface area contributed by atoms with Crippen LogP contribution in [0.5, 0.6) is 0 Å². The molecule has 0 aromatic carbocycles. The first kappa shape index (κ1) is 15.9. The summed E-state index contributed by atoms with van der Waals surface area (Å²) in [4.78, 5) is 12.4. The third-order valence-electron chi connectivity index (χ3n) is 6.42. The van der Waals surface area contributed by atoms with Gasteiger partial charge in [-0.25, -0.2) is 0 Å². The second-order valence-corrected chi connectivity index (χ2v) is 8.04. The summed E-state index contributed by atoms with van der Waals surface area (Å²) >= 11 is 0. The Kier molecular flexibility index (Phi) is 4.03. The summed E-state index contributed by atoms with van der Waals surface area (Å²) in [7, 11) is 0. The van der Waals surface area contributed by atoms with Gasteiger partial charge in [0.1, 0.15) is 11.9 Å². The minimum Gasteiger partial charge on any atom is -0.468 e. The molecular weight excluding hydrogens is 302 g/mol. The molecule has 0 radical (unpaired) electrons. The number of rotatable bonds is 4. The van der Waals surface area contributed by atoms with E-state index in [1.807, 2.05) is 12.1 Å². The molecule has 4 nitrogen and oxygen atoms in total. The van der Waals surface area contributed by atoms with Gasteiger partial charge < -0.3 is 14.5 Å². The SMILES string of the molecule is CC1=C2CC3C(CC2(C)CCC1)OC(=O)C3CNCc1ccco1. The number of nitrogens with one attached hydrogen (secondary N) is 1. The highest BCUT2D eigenvalue weighted by Gasteiger charge is 2.52. The maximum atomic E-state index is 12.4. The summed E-state index contributed by atoms with van der Waals surface area (Å²) in [6, 6.07) is 3.84. The molecule has 4 atom stereocenters. The van der Waals surface area contributed by atoms with E-state index in [0.29, 0.717) is 19.0 Å². The molecule has 3 aliphatic rings. The second kappa shape index (κ2) is 6.07. The van der Waals surface area contributed by atoms with Gasteiger partial charge in [-0.3, -0.25) is 4.79 Å². The van der Waals surface area contributed by atoms with Crippen LogP contribution in [0, 0.1) is 17.3 Å². The van der Waals surface area contributed by atoms with Crippen molar-refractivity contribution in [3.63, 3.8) is 0 Å². The lowest BCUT2D eigenvalue weighted by Crippen LogP contribution is -2.40. The average molecular weight is 329 g/mol. The molecule has 24 heavy (non-hydrogen) atoms. The molecule has 4 rings (SSSR count). The lowest BCUT2D eigenvalue weighted by atomic mass is 9.59. The maximum Gasteiger partial charge on any atom is 0.310 e. The number of esters is 1. The van der Waals surface area contributed by atoms with Crippen LogP contribution in [-0.2, 0) is 16.1 Å². The molecule has 2 heterocycles. The third-order valence-corrected chi connectivity index (χ3v) is 6.42. The summed E-state index contributed by atoms with van der Waals surface area (Å²) in [5, 5.41) is 3.38. The molecule has 1 saturated carbocycles. The molecule has 1 aromatic heterocycles. The highest BCUT2D eigenvalue weighted by molar-refractivity contribution is 5.76. The van der Waals surface area contributed by atoms with Crippen LogP contribution < -0.4 is 5.32 Å². The number of allylic oxidation sites excluding steroid dienone is 2. The molecule has 1 saturated heterocycles. The first-order valence-corrected chi connectivity index (χ1v) is 9.19. The van der Waals surface area contributed by atoms with Gasteiger partial charge in [0.25, 0.3) is 0 Å². The van der Waals surface area contributed by atoms with E-state index in [-0.39, 0.29) is 23.4 Å². The summed E-state index contributed by atoms with van der Waals surface area (Å²) in [6.07, 6.45) is 7.55. The zero-order valence-corrected chi connectivity index (χ0v) is 14.6. The van der Waals surface area contributed by atoms with Gasteiger partial charge in [0, 0.05) is 12.5 Å². The molecule has 2 aliphatic carbocycles. The smallest absolute Gasteiger partial charge is 0.310 e. The molecule has 0 bridgehead atoms. The average Bonchev–Trinajstić information content (AvgIpc) is 3.14. The molecular formula is C20H27NO3. The monoisotopic (exact) mass is 329 g/mol. The van der Waals surface area contributed by atoms with E-state index in [0.717, 1.165) is 18.6 Å². The van der Waals surface area contributed by atoms with Crippen LogP contribution in [0.2, 0.25) is 0 Å². The van der Waals surface area contributed by atoms with E-state index in [9.17, 15) is 4.79 Å². The van der Waals surface area contributed by atoms with Crippen molar-refractivity contribution >= 4 is 5.97 Å². The van der Waals surface area contributed by atoms with Crippen LogP contribution in [0.25, 0.3) is 0 Å². The fourth-order valence-corrected chi connectivity index (χ4v) is 5.11. The van der Waals surface area contributed by atoms with Crippen LogP contribution in [-0.4, -0.2) is 18.6 Å². The Hall–Kier alpha value is -1.55. The quantitative estimate of drug-likeness (QED) is 0.674. The Labute approximate surface area is 143 Å². The van der Waals surface area contributed by atoms with Gasteiger partial charge in [0.15, 0.2) is 0 Å². The van der Waals surface area contributed by atoms with Crippen LogP contribution in [0.1, 0.15) is 51.7 Å². The first-order valence-electron chi connectivity index (χ1n) is 9.19. The summed E-state index contributed by atoms with van der Waals surface area (Å²) in [6.45, 7) is 5.99. The normalized spacial score (nSPS) is 35.6. The van der Waals surface area contributed by atoms with Crippen molar-refractivity contribution in [1.29, 1.82) is 0 Å². The zero-order valence-electron chi connectivity index (χ0n) is 14.6. The van der Waals surface area contributed by atoms with E-state index in [1.54, 1.807) is 17.4 Å². The van der Waals surface area contributed by atoms with Crippen molar-refractivity contribution in [2.45, 2.75) is 58.6 Å². The fraction of sp³-hybridized carbons (Fsp3) is 0.650. The Morgan fingerprint density at radius 3 is 3.08 bits per heavy atom. The van der Waals surface area contributed by atoms with Crippen LogP contribution >= 0.6 is 0 Å². The molecule has 4 heteroatoms. The zero-order chi connectivity index (χ0) is 16.7. The Morgan fingerprint density at radius 1 is 1.42 bits per heavy atom. The molecule has 0 spiro atoms. The van der Waals surface area contributed by atoms with E-state index < -0.39 is 0 Å². The van der Waals surface area contributed by atoms with Crippen LogP contribution in [0.4, 0.5) is 0 Å². The molecule has 4 unspecified atom stereocenters. The largest absolute Gasteiger partial charge is 0.468 e. The van der Waals surface area contributed by atoms with E-state index in [1.165, 1.54) is 19.3 Å². The number of ether oxygens (including phenoxy) is 1. The van der Waals surface area contributed by atoms with Crippen molar-refractivity contribution in [2.75, 3.05) is 6.54 Å². The minimum absolute atomic E-state index is 0.0163. The summed E-state index contributed by atoms with van der Waals surface area (Å²) < 4.78 is 11.1. The van der Waals surface area contributed by atoms with Crippen LogP contribution in [0.15, 0.2) is 34.0 Å². The Morgan fingerprint density at radius 2 is 2.29 bits per heavy atom. The van der Waals surface area contributed by atoms with Gasteiger partial charge in [-0.15, -0.1) is 0 Å². The lowest BCUT2D eigenvalue weighted by molar-refractivity contribution is -0.145. The number of carbonyl (C=O) groups is 1. The molecule has 2 fully saturated rings. The van der Waals surface area contributed by atoms with Crippen molar-refractivity contribution in [1.82, 2.24) is 5.32 Å². The minimum atomic E-state index is -0.0308. The summed E-state index contributed by atoms with van der Waals surface area (Å²) in [5.41, 5.74) is 3.42. The summed E-state index contributed by atoms with van der Waals surface area (Å²) in [5.74, 6) is 1.19. The third kappa shape index (κ3) is 2.71. The Bertz CT molecular complexity index is 648. The predicted molar refractivity (Wildman–Crippen MR) is 91.2 cm³/mol. The highest BCUT2D eigenvalue weighted by atomic mass is 16.6. The molecule has 1 N–H and O–H groups in total. The van der Waals surface area contributed by atoms with Gasteiger partial charge in [-0.05, 0) is 56.6 Å². The number of furan rings is 1. The van der Waals surface area contributed by atoms with E-state index in [4.69, 9.17) is 9.15 Å². The van der Waals surface area contributed by atoms with Gasteiger partial charge in [-0.2, -0.15) is 0 Å². The number of carbonyl (C=O) groups excluding carboxylic acids is 1. The van der Waals surface area contributed by atoms with Gasteiger partial charge in [0.2, 0.25) is 0 Å². The van der Waals surface area contributed by atoms with Gasteiger partial charge in [-0.1, -0.05) is 18.1 Å². The second-order valence-electron chi connectivity index (χ2n) is 8.04.